The van der Waals surface area contributed by atoms with Crippen LogP contribution in [0.5, 0.6) is 0 Å². The van der Waals surface area contributed by atoms with E-state index in [0.717, 1.165) is 22.9 Å². The zero-order chi connectivity index (χ0) is 22.4. The molecule has 0 aliphatic heterocycles. The van der Waals surface area contributed by atoms with Crippen LogP contribution in [0.15, 0.2) is 48.5 Å². The molecule has 0 heterocycles. The van der Waals surface area contributed by atoms with Crippen LogP contribution in [0.2, 0.25) is 0 Å². The lowest BCUT2D eigenvalue weighted by Gasteiger charge is -2.25. The number of aryl methyl sites for hydroxylation is 1. The van der Waals surface area contributed by atoms with Gasteiger partial charge in [-0.1, -0.05) is 48.2 Å². The van der Waals surface area contributed by atoms with Gasteiger partial charge in [0.2, 0.25) is 0 Å². The largest absolute Gasteiger partial charge is 0.393 e. The molecule has 2 rings (SSSR count). The van der Waals surface area contributed by atoms with E-state index in [4.69, 9.17) is 10.3 Å². The molecule has 0 radical (unpaired) electrons. The minimum atomic E-state index is -3.73. The van der Waals surface area contributed by atoms with Gasteiger partial charge in [-0.15, -0.1) is 0 Å². The van der Waals surface area contributed by atoms with Crippen LogP contribution in [-0.4, -0.2) is 53.5 Å². The summed E-state index contributed by atoms with van der Waals surface area (Å²) in [6.45, 7) is 0.887. The van der Waals surface area contributed by atoms with E-state index in [1.54, 1.807) is 0 Å². The maximum absolute atomic E-state index is 12.0. The lowest BCUT2D eigenvalue weighted by atomic mass is 9.97. The van der Waals surface area contributed by atoms with E-state index in [-0.39, 0.29) is 6.42 Å². The van der Waals surface area contributed by atoms with Gasteiger partial charge in [0.25, 0.3) is 5.91 Å². The maximum Gasteiger partial charge on any atom is 0.264 e. The van der Waals surface area contributed by atoms with Crippen molar-refractivity contribution < 1.29 is 28.6 Å². The molecule has 7 nitrogen and oxygen atoms in total. The fraction of sp³-hybridized carbons (Fsp3) is 0.318. The molecule has 4 N–H and O–H groups in total. The van der Waals surface area contributed by atoms with Crippen LogP contribution in [0, 0.1) is 11.8 Å². The van der Waals surface area contributed by atoms with E-state index in [0.29, 0.717) is 12.0 Å². The first kappa shape index (κ1) is 23.6. The molecule has 2 atom stereocenters. The average molecular weight is 432 g/mol. The predicted molar refractivity (Wildman–Crippen MR) is 113 cm³/mol. The molecule has 1 amide bonds. The molecule has 0 aliphatic carbocycles. The number of rotatable bonds is 7. The van der Waals surface area contributed by atoms with Crippen LogP contribution in [0.4, 0.5) is 0 Å². The van der Waals surface area contributed by atoms with Crippen molar-refractivity contribution in [2.24, 2.45) is 0 Å². The van der Waals surface area contributed by atoms with Gasteiger partial charge in [0.05, 0.1) is 6.61 Å². The molecule has 0 bridgehead atoms. The normalized spacial score (nSPS) is 14.2. The molecule has 30 heavy (non-hydrogen) atoms. The Balaban J connectivity index is 2.11. The minimum Gasteiger partial charge on any atom is -0.393 e. The molecule has 0 spiro atoms. The van der Waals surface area contributed by atoms with Crippen molar-refractivity contribution >= 4 is 15.7 Å². The summed E-state index contributed by atoms with van der Waals surface area (Å²) < 4.78 is 22.3. The van der Waals surface area contributed by atoms with Crippen molar-refractivity contribution in [1.29, 1.82) is 0 Å². The number of aliphatic hydroxyl groups excluding tert-OH is 2. The Morgan fingerprint density at radius 3 is 2.10 bits per heavy atom. The number of hydroxylamine groups is 1. The van der Waals surface area contributed by atoms with E-state index < -0.39 is 33.2 Å². The van der Waals surface area contributed by atoms with E-state index in [2.05, 4.69) is 11.8 Å². The Bertz CT molecular complexity index is 1040. The molecule has 2 aromatic carbocycles. The summed E-state index contributed by atoms with van der Waals surface area (Å²) in [7, 11) is -3.73. The van der Waals surface area contributed by atoms with Crippen LogP contribution in [0.3, 0.4) is 0 Å². The predicted octanol–water partition coefficient (Wildman–Crippen LogP) is 1.30. The Kier molecular flexibility index (Phi) is 7.76. The van der Waals surface area contributed by atoms with Gasteiger partial charge in [-0.3, -0.25) is 10.0 Å². The third kappa shape index (κ3) is 5.68. The zero-order valence-corrected chi connectivity index (χ0v) is 17.6. The van der Waals surface area contributed by atoms with Crippen molar-refractivity contribution in [1.82, 2.24) is 5.48 Å². The van der Waals surface area contributed by atoms with E-state index in [1.165, 1.54) is 12.4 Å². The standard InChI is InChI=1S/C22H25NO6S/c1-22(21(26)23-27,30(2,28)29)14-13-17-5-10-19(11-6-17)18-8-3-16(4-9-18)7-12-20(25)15-24/h3-6,8-11,20,24-25,27H,13-15H2,1-2H3,(H,23,26). The first-order valence-corrected chi connectivity index (χ1v) is 11.1. The highest BCUT2D eigenvalue weighted by molar-refractivity contribution is 7.92. The van der Waals surface area contributed by atoms with E-state index >= 15 is 0 Å². The molecular formula is C22H25NO6S. The van der Waals surface area contributed by atoms with Gasteiger partial charge in [0.1, 0.15) is 10.9 Å². The third-order valence-electron chi connectivity index (χ3n) is 5.02. The maximum atomic E-state index is 12.0. The van der Waals surface area contributed by atoms with Crippen molar-refractivity contribution in [2.75, 3.05) is 12.9 Å². The van der Waals surface area contributed by atoms with Crippen molar-refractivity contribution in [3.63, 3.8) is 0 Å². The van der Waals surface area contributed by atoms with Crippen LogP contribution in [0.25, 0.3) is 11.1 Å². The summed E-state index contributed by atoms with van der Waals surface area (Å²) in [5.41, 5.74) is 4.93. The van der Waals surface area contributed by atoms with Gasteiger partial charge in [-0.2, -0.15) is 0 Å². The van der Waals surface area contributed by atoms with E-state index in [1.807, 2.05) is 48.5 Å². The van der Waals surface area contributed by atoms with Crippen LogP contribution < -0.4 is 5.48 Å². The Morgan fingerprint density at radius 2 is 1.63 bits per heavy atom. The second kappa shape index (κ2) is 9.87. The van der Waals surface area contributed by atoms with Gasteiger partial charge in [-0.05, 0) is 48.6 Å². The molecule has 0 aromatic heterocycles. The molecule has 160 valence electrons. The number of hydrogen-bond acceptors (Lipinski definition) is 6. The first-order chi connectivity index (χ1) is 14.1. The van der Waals surface area contributed by atoms with Gasteiger partial charge in [0, 0.05) is 11.8 Å². The lowest BCUT2D eigenvalue weighted by molar-refractivity contribution is -0.131. The summed E-state index contributed by atoms with van der Waals surface area (Å²) in [6.07, 6.45) is 0.290. The highest BCUT2D eigenvalue weighted by atomic mass is 32.2. The Labute approximate surface area is 176 Å². The molecule has 0 saturated heterocycles. The SMILES string of the molecule is CC(CCc1ccc(-c2ccc(C#CC(O)CO)cc2)cc1)(C(=O)NO)S(C)(=O)=O. The fourth-order valence-corrected chi connectivity index (χ4v) is 3.65. The van der Waals surface area contributed by atoms with Crippen LogP contribution in [0.1, 0.15) is 24.5 Å². The molecule has 0 aliphatic rings. The number of amides is 1. The topological polar surface area (TPSA) is 124 Å². The summed E-state index contributed by atoms with van der Waals surface area (Å²) in [5, 5.41) is 26.9. The van der Waals surface area contributed by atoms with Crippen molar-refractivity contribution in [2.45, 2.75) is 30.6 Å². The lowest BCUT2D eigenvalue weighted by Crippen LogP contribution is -2.49. The third-order valence-corrected chi connectivity index (χ3v) is 7.05. The van der Waals surface area contributed by atoms with E-state index in [9.17, 15) is 18.3 Å². The number of carbonyl (C=O) groups is 1. The molecular weight excluding hydrogens is 406 g/mol. The highest BCUT2D eigenvalue weighted by Gasteiger charge is 2.43. The minimum absolute atomic E-state index is 0.0324. The molecule has 0 fully saturated rings. The molecule has 2 aromatic rings. The fourth-order valence-electron chi connectivity index (χ4n) is 2.79. The summed E-state index contributed by atoms with van der Waals surface area (Å²) >= 11 is 0. The Morgan fingerprint density at radius 1 is 1.10 bits per heavy atom. The van der Waals surface area contributed by atoms with Gasteiger partial charge < -0.3 is 10.2 Å². The highest BCUT2D eigenvalue weighted by Crippen LogP contribution is 2.25. The average Bonchev–Trinajstić information content (AvgIpc) is 2.75. The number of aliphatic hydroxyl groups is 2. The summed E-state index contributed by atoms with van der Waals surface area (Å²) in [5.74, 6) is 4.37. The number of benzene rings is 2. The number of hydrogen-bond donors (Lipinski definition) is 4. The van der Waals surface area contributed by atoms with Crippen LogP contribution in [-0.2, 0) is 21.1 Å². The second-order valence-corrected chi connectivity index (χ2v) is 9.63. The smallest absolute Gasteiger partial charge is 0.264 e. The number of sulfone groups is 1. The van der Waals surface area contributed by atoms with Gasteiger partial charge >= 0.3 is 0 Å². The quantitative estimate of drug-likeness (QED) is 0.298. The molecule has 8 heteroatoms. The first-order valence-electron chi connectivity index (χ1n) is 9.24. The zero-order valence-electron chi connectivity index (χ0n) is 16.8. The summed E-state index contributed by atoms with van der Waals surface area (Å²) in [4.78, 5) is 11.9. The molecule has 0 saturated carbocycles. The number of carbonyl (C=O) groups excluding carboxylic acids is 1. The van der Waals surface area contributed by atoms with Gasteiger partial charge in [-0.25, -0.2) is 13.9 Å². The monoisotopic (exact) mass is 431 g/mol. The second-order valence-electron chi connectivity index (χ2n) is 7.19. The van der Waals surface area contributed by atoms with Crippen LogP contribution >= 0.6 is 0 Å². The number of nitrogens with one attached hydrogen (secondary N) is 1. The van der Waals surface area contributed by atoms with Crippen molar-refractivity contribution in [3.8, 4) is 23.0 Å². The van der Waals surface area contributed by atoms with Gasteiger partial charge in [0.15, 0.2) is 9.84 Å². The summed E-state index contributed by atoms with van der Waals surface area (Å²) in [6, 6.07) is 14.9. The molecule has 2 unspecified atom stereocenters. The Hall–Kier alpha value is -2.70. The van der Waals surface area contributed by atoms with Crippen molar-refractivity contribution in [3.05, 3.63) is 59.7 Å².